The highest BCUT2D eigenvalue weighted by Crippen LogP contribution is 2.09. The average Bonchev–Trinajstić information content (AvgIpc) is 2.30. The normalized spacial score (nSPS) is 21.8. The summed E-state index contributed by atoms with van der Waals surface area (Å²) in [6, 6.07) is 2.15. The lowest BCUT2D eigenvalue weighted by atomic mass is 10.2. The number of halogens is 1. The minimum atomic E-state index is -3.06. The Bertz CT molecular complexity index is 559. The zero-order chi connectivity index (χ0) is 13.9. The van der Waals surface area contributed by atoms with Gasteiger partial charge in [0.15, 0.2) is 9.84 Å². The van der Waals surface area contributed by atoms with Gasteiger partial charge in [-0.3, -0.25) is 4.79 Å². The molecule has 1 aliphatic rings. The van der Waals surface area contributed by atoms with Crippen LogP contribution in [-0.2, 0) is 14.6 Å². The number of hydrogen-bond acceptors (Lipinski definition) is 5. The summed E-state index contributed by atoms with van der Waals surface area (Å²) in [4.78, 5) is 15.1. The smallest absolute Gasteiger partial charge is 0.226 e. The summed E-state index contributed by atoms with van der Waals surface area (Å²) in [6.45, 7) is 0.360. The van der Waals surface area contributed by atoms with Crippen LogP contribution in [-0.4, -0.2) is 43.4 Å². The molecule has 104 valence electrons. The summed E-state index contributed by atoms with van der Waals surface area (Å²) in [7, 11) is -3.06. The lowest BCUT2D eigenvalue weighted by molar-refractivity contribution is -0.116. The molecular formula is C11H14FN3O3S. The van der Waals surface area contributed by atoms with E-state index in [0.717, 1.165) is 6.07 Å². The van der Waals surface area contributed by atoms with Crippen molar-refractivity contribution < 1.29 is 17.6 Å². The molecular weight excluding hydrogens is 273 g/mol. The quantitative estimate of drug-likeness (QED) is 0.760. The molecule has 0 radical (unpaired) electrons. The van der Waals surface area contributed by atoms with Gasteiger partial charge in [-0.25, -0.2) is 13.4 Å². The lowest BCUT2D eigenvalue weighted by Crippen LogP contribution is -2.46. The van der Waals surface area contributed by atoms with Crippen molar-refractivity contribution in [3.63, 3.8) is 0 Å². The molecule has 8 heteroatoms. The van der Waals surface area contributed by atoms with Crippen LogP contribution < -0.4 is 10.6 Å². The standard InChI is InChI=1S/C11H14FN3O3S/c12-10-2-1-8(6-14-10)15-11(16)5-9-7-19(17,18)4-3-13-9/h1-2,6,9,13H,3-5,7H2,(H,15,16). The van der Waals surface area contributed by atoms with Crippen LogP contribution in [0.4, 0.5) is 10.1 Å². The zero-order valence-corrected chi connectivity index (χ0v) is 10.9. The van der Waals surface area contributed by atoms with Gasteiger partial charge in [-0.1, -0.05) is 0 Å². The van der Waals surface area contributed by atoms with Crippen LogP contribution in [0, 0.1) is 5.95 Å². The summed E-state index contributed by atoms with van der Waals surface area (Å²) < 4.78 is 35.4. The first-order valence-electron chi connectivity index (χ1n) is 5.80. The molecule has 1 atom stereocenters. The molecule has 1 amide bonds. The molecule has 1 fully saturated rings. The van der Waals surface area contributed by atoms with Gasteiger partial charge in [0.1, 0.15) is 0 Å². The van der Waals surface area contributed by atoms with E-state index in [0.29, 0.717) is 12.2 Å². The first kappa shape index (κ1) is 13.9. The van der Waals surface area contributed by atoms with E-state index in [1.165, 1.54) is 12.3 Å². The van der Waals surface area contributed by atoms with Crippen molar-refractivity contribution in [3.8, 4) is 0 Å². The van der Waals surface area contributed by atoms with E-state index in [1.54, 1.807) is 0 Å². The van der Waals surface area contributed by atoms with Gasteiger partial charge in [-0.2, -0.15) is 4.39 Å². The Hall–Kier alpha value is -1.54. The van der Waals surface area contributed by atoms with E-state index in [9.17, 15) is 17.6 Å². The first-order chi connectivity index (χ1) is 8.94. The highest BCUT2D eigenvalue weighted by atomic mass is 32.2. The minimum Gasteiger partial charge on any atom is -0.325 e. The maximum Gasteiger partial charge on any atom is 0.226 e. The van der Waals surface area contributed by atoms with E-state index >= 15 is 0 Å². The number of nitrogens with zero attached hydrogens (tertiary/aromatic N) is 1. The van der Waals surface area contributed by atoms with E-state index in [-0.39, 0.29) is 29.9 Å². The van der Waals surface area contributed by atoms with Gasteiger partial charge in [0.25, 0.3) is 0 Å². The molecule has 1 aliphatic heterocycles. The number of amides is 1. The fraction of sp³-hybridized carbons (Fsp3) is 0.455. The molecule has 0 aromatic carbocycles. The Kier molecular flexibility index (Phi) is 4.11. The van der Waals surface area contributed by atoms with Gasteiger partial charge in [-0.05, 0) is 12.1 Å². The number of carbonyl (C=O) groups is 1. The molecule has 2 N–H and O–H groups in total. The fourth-order valence-electron chi connectivity index (χ4n) is 1.88. The van der Waals surface area contributed by atoms with Gasteiger partial charge >= 0.3 is 0 Å². The van der Waals surface area contributed by atoms with Gasteiger partial charge in [0, 0.05) is 19.0 Å². The Balaban J connectivity index is 1.89. The second-order valence-electron chi connectivity index (χ2n) is 4.39. The van der Waals surface area contributed by atoms with Gasteiger partial charge in [-0.15, -0.1) is 0 Å². The van der Waals surface area contributed by atoms with Crippen LogP contribution in [0.2, 0.25) is 0 Å². The highest BCUT2D eigenvalue weighted by Gasteiger charge is 2.25. The Morgan fingerprint density at radius 3 is 2.95 bits per heavy atom. The largest absolute Gasteiger partial charge is 0.325 e. The van der Waals surface area contributed by atoms with Crippen LogP contribution in [0.5, 0.6) is 0 Å². The summed E-state index contributed by atoms with van der Waals surface area (Å²) in [6.07, 6.45) is 1.26. The van der Waals surface area contributed by atoms with E-state index in [4.69, 9.17) is 0 Å². The van der Waals surface area contributed by atoms with Crippen molar-refractivity contribution in [3.05, 3.63) is 24.3 Å². The molecule has 0 aliphatic carbocycles. The number of sulfone groups is 1. The number of anilines is 1. The van der Waals surface area contributed by atoms with Crippen molar-refractivity contribution in [2.24, 2.45) is 0 Å². The lowest BCUT2D eigenvalue weighted by Gasteiger charge is -2.23. The first-order valence-corrected chi connectivity index (χ1v) is 7.62. The predicted molar refractivity (Wildman–Crippen MR) is 67.9 cm³/mol. The molecule has 1 aromatic rings. The van der Waals surface area contributed by atoms with E-state index in [1.807, 2.05) is 0 Å². The summed E-state index contributed by atoms with van der Waals surface area (Å²) in [5, 5.41) is 5.53. The topological polar surface area (TPSA) is 88.2 Å². The molecule has 1 unspecified atom stereocenters. The Labute approximate surface area is 110 Å². The number of aromatic nitrogens is 1. The Morgan fingerprint density at radius 1 is 1.53 bits per heavy atom. The van der Waals surface area contributed by atoms with Crippen LogP contribution in [0.1, 0.15) is 6.42 Å². The maximum absolute atomic E-state index is 12.6. The van der Waals surface area contributed by atoms with Gasteiger partial charge < -0.3 is 10.6 Å². The molecule has 2 heterocycles. The van der Waals surface area contributed by atoms with Gasteiger partial charge in [0.05, 0.1) is 23.4 Å². The van der Waals surface area contributed by atoms with E-state index in [2.05, 4.69) is 15.6 Å². The number of pyridine rings is 1. The van der Waals surface area contributed by atoms with Crippen molar-refractivity contribution >= 4 is 21.4 Å². The SMILES string of the molecule is O=C(CC1CS(=O)(=O)CCN1)Nc1ccc(F)nc1. The second-order valence-corrected chi connectivity index (χ2v) is 6.62. The number of hydrogen-bond donors (Lipinski definition) is 2. The molecule has 0 bridgehead atoms. The fourth-order valence-corrected chi connectivity index (χ4v) is 3.33. The van der Waals surface area contributed by atoms with Crippen LogP contribution in [0.15, 0.2) is 18.3 Å². The molecule has 19 heavy (non-hydrogen) atoms. The summed E-state index contributed by atoms with van der Waals surface area (Å²) in [5.74, 6) is -0.893. The summed E-state index contributed by atoms with van der Waals surface area (Å²) in [5.41, 5.74) is 0.380. The van der Waals surface area contributed by atoms with Crippen molar-refractivity contribution in [1.82, 2.24) is 10.3 Å². The number of carbonyl (C=O) groups excluding carboxylic acids is 1. The van der Waals surface area contributed by atoms with Crippen LogP contribution in [0.3, 0.4) is 0 Å². The molecule has 1 saturated heterocycles. The third-order valence-electron chi connectivity index (χ3n) is 2.74. The van der Waals surface area contributed by atoms with Crippen LogP contribution >= 0.6 is 0 Å². The monoisotopic (exact) mass is 287 g/mol. The highest BCUT2D eigenvalue weighted by molar-refractivity contribution is 7.91. The molecule has 2 rings (SSSR count). The third-order valence-corrected chi connectivity index (χ3v) is 4.48. The Morgan fingerprint density at radius 2 is 2.32 bits per heavy atom. The average molecular weight is 287 g/mol. The molecule has 6 nitrogen and oxygen atoms in total. The maximum atomic E-state index is 12.6. The molecule has 1 aromatic heterocycles. The van der Waals surface area contributed by atoms with Gasteiger partial charge in [0.2, 0.25) is 11.9 Å². The zero-order valence-electron chi connectivity index (χ0n) is 10.1. The predicted octanol–water partition coefficient (Wildman–Crippen LogP) is -0.0641. The van der Waals surface area contributed by atoms with Crippen LogP contribution in [0.25, 0.3) is 0 Å². The number of nitrogens with one attached hydrogen (secondary N) is 2. The molecule has 0 spiro atoms. The third kappa shape index (κ3) is 4.25. The number of rotatable bonds is 3. The minimum absolute atomic E-state index is 0.0396. The van der Waals surface area contributed by atoms with Crippen molar-refractivity contribution in [2.45, 2.75) is 12.5 Å². The molecule has 0 saturated carbocycles. The summed E-state index contributed by atoms with van der Waals surface area (Å²) >= 11 is 0. The van der Waals surface area contributed by atoms with E-state index < -0.39 is 15.8 Å². The van der Waals surface area contributed by atoms with Crippen molar-refractivity contribution in [2.75, 3.05) is 23.4 Å². The van der Waals surface area contributed by atoms with Crippen molar-refractivity contribution in [1.29, 1.82) is 0 Å². The second kappa shape index (κ2) is 5.62.